The van der Waals surface area contributed by atoms with Gasteiger partial charge in [-0.05, 0) is 17.7 Å². The Morgan fingerprint density at radius 3 is 2.39 bits per heavy atom. The van der Waals surface area contributed by atoms with Crippen molar-refractivity contribution in [2.45, 2.75) is 43.2 Å². The Bertz CT molecular complexity index is 957. The van der Waals surface area contributed by atoms with E-state index in [0.717, 1.165) is 6.07 Å². The van der Waals surface area contributed by atoms with E-state index < -0.39 is 43.4 Å². The Morgan fingerprint density at radius 2 is 1.71 bits per heavy atom. The van der Waals surface area contributed by atoms with Gasteiger partial charge < -0.3 is 44.8 Å². The molecule has 0 amide bonds. The van der Waals surface area contributed by atoms with Crippen LogP contribution >= 0.6 is 0 Å². The van der Waals surface area contributed by atoms with Gasteiger partial charge in [-0.25, -0.2) is 0 Å². The van der Waals surface area contributed by atoms with Crippen molar-refractivity contribution >= 4 is 5.78 Å². The summed E-state index contributed by atoms with van der Waals surface area (Å²) in [6.45, 7) is -0.566. The van der Waals surface area contributed by atoms with E-state index in [-0.39, 0.29) is 40.8 Å². The van der Waals surface area contributed by atoms with E-state index in [1.807, 2.05) is 0 Å². The van der Waals surface area contributed by atoms with E-state index in [1.54, 1.807) is 24.3 Å². The number of phenolic OH excluding ortho intramolecular Hbond substituents is 2. The standard InChI is InChI=1S/C21H22O10/c22-8-16-18(26)19(27)20(28)21(31-16)29-11-3-1-9(2-4-11)14-7-13(25)17-12(24)5-10(23)6-15(17)30-14/h1-6,14,16,18-24,26-28H,7-8H2/t14-,16+,18-,19-,20+,21+/m0/s1. The number of ketones is 1. The molecule has 1 fully saturated rings. The summed E-state index contributed by atoms with van der Waals surface area (Å²) in [6, 6.07) is 8.68. The number of aliphatic hydroxyl groups excluding tert-OH is 4. The van der Waals surface area contributed by atoms with Crippen LogP contribution < -0.4 is 9.47 Å². The first-order chi connectivity index (χ1) is 14.8. The molecular formula is C21H22O10. The predicted molar refractivity (Wildman–Crippen MR) is 103 cm³/mol. The van der Waals surface area contributed by atoms with Crippen LogP contribution in [-0.2, 0) is 4.74 Å². The summed E-state index contributed by atoms with van der Waals surface area (Å²) >= 11 is 0. The van der Waals surface area contributed by atoms with Crippen molar-refractivity contribution in [2.24, 2.45) is 0 Å². The van der Waals surface area contributed by atoms with Crippen molar-refractivity contribution in [1.82, 2.24) is 0 Å². The second-order valence-electron chi connectivity index (χ2n) is 7.46. The fourth-order valence-electron chi connectivity index (χ4n) is 3.67. The van der Waals surface area contributed by atoms with Gasteiger partial charge in [-0.3, -0.25) is 4.79 Å². The molecule has 31 heavy (non-hydrogen) atoms. The van der Waals surface area contributed by atoms with Crippen molar-refractivity contribution in [2.75, 3.05) is 6.61 Å². The second kappa shape index (κ2) is 8.33. The lowest BCUT2D eigenvalue weighted by Crippen LogP contribution is -2.60. The zero-order valence-electron chi connectivity index (χ0n) is 16.2. The highest BCUT2D eigenvalue weighted by Crippen LogP contribution is 2.41. The van der Waals surface area contributed by atoms with Crippen LogP contribution in [0, 0.1) is 0 Å². The maximum absolute atomic E-state index is 12.4. The summed E-state index contributed by atoms with van der Waals surface area (Å²) in [6.07, 6.45) is -7.63. The molecular weight excluding hydrogens is 412 g/mol. The monoisotopic (exact) mass is 434 g/mol. The van der Waals surface area contributed by atoms with Gasteiger partial charge >= 0.3 is 0 Å². The van der Waals surface area contributed by atoms with Crippen molar-refractivity contribution in [3.8, 4) is 23.0 Å². The summed E-state index contributed by atoms with van der Waals surface area (Å²) in [7, 11) is 0. The van der Waals surface area contributed by atoms with Crippen LogP contribution in [0.4, 0.5) is 0 Å². The molecule has 0 aliphatic carbocycles. The van der Waals surface area contributed by atoms with Crippen LogP contribution in [-0.4, -0.2) is 73.7 Å². The smallest absolute Gasteiger partial charge is 0.229 e. The summed E-state index contributed by atoms with van der Waals surface area (Å²) in [5.74, 6) is -0.550. The topological polar surface area (TPSA) is 166 Å². The van der Waals surface area contributed by atoms with Crippen molar-refractivity contribution in [3.05, 3.63) is 47.5 Å². The molecule has 2 aromatic rings. The van der Waals surface area contributed by atoms with Gasteiger partial charge in [0.15, 0.2) is 5.78 Å². The third-order valence-electron chi connectivity index (χ3n) is 5.34. The van der Waals surface area contributed by atoms with E-state index in [1.165, 1.54) is 6.07 Å². The second-order valence-corrected chi connectivity index (χ2v) is 7.46. The van der Waals surface area contributed by atoms with E-state index in [4.69, 9.17) is 14.2 Å². The van der Waals surface area contributed by atoms with Gasteiger partial charge in [0.05, 0.1) is 13.0 Å². The number of aliphatic hydroxyl groups is 4. The average Bonchev–Trinajstić information content (AvgIpc) is 2.73. The number of hydrogen-bond donors (Lipinski definition) is 6. The number of benzene rings is 2. The quantitative estimate of drug-likeness (QED) is 0.385. The van der Waals surface area contributed by atoms with Gasteiger partial charge in [0.25, 0.3) is 0 Å². The van der Waals surface area contributed by atoms with Crippen LogP contribution in [0.1, 0.15) is 28.4 Å². The summed E-state index contributed by atoms with van der Waals surface area (Å²) in [5.41, 5.74) is 0.652. The van der Waals surface area contributed by atoms with Crippen molar-refractivity contribution in [3.63, 3.8) is 0 Å². The predicted octanol–water partition coefficient (Wildman–Crippen LogP) is -0.0170. The molecule has 0 spiro atoms. The van der Waals surface area contributed by atoms with Gasteiger partial charge in [-0.15, -0.1) is 0 Å². The first-order valence-electron chi connectivity index (χ1n) is 9.61. The normalized spacial score (nSPS) is 30.4. The highest BCUT2D eigenvalue weighted by atomic mass is 16.7. The Hall–Kier alpha value is -2.89. The summed E-state index contributed by atoms with van der Waals surface area (Å²) in [5, 5.41) is 58.5. The lowest BCUT2D eigenvalue weighted by Gasteiger charge is -2.39. The molecule has 2 aliphatic heterocycles. The average molecular weight is 434 g/mol. The fraction of sp³-hybridized carbons (Fsp3) is 0.381. The molecule has 4 rings (SSSR count). The van der Waals surface area contributed by atoms with Crippen LogP contribution in [0.15, 0.2) is 36.4 Å². The zero-order valence-corrected chi connectivity index (χ0v) is 16.2. The molecule has 2 heterocycles. The van der Waals surface area contributed by atoms with Crippen LogP contribution in [0.2, 0.25) is 0 Å². The van der Waals surface area contributed by atoms with Crippen LogP contribution in [0.5, 0.6) is 23.0 Å². The molecule has 0 aromatic heterocycles. The van der Waals surface area contributed by atoms with Gasteiger partial charge in [0.2, 0.25) is 6.29 Å². The molecule has 1 saturated heterocycles. The third kappa shape index (κ3) is 4.03. The number of aromatic hydroxyl groups is 2. The molecule has 0 radical (unpaired) electrons. The third-order valence-corrected chi connectivity index (χ3v) is 5.34. The van der Waals surface area contributed by atoms with Crippen LogP contribution in [0.3, 0.4) is 0 Å². The van der Waals surface area contributed by atoms with Gasteiger partial charge in [-0.2, -0.15) is 0 Å². The Labute approximate surface area is 176 Å². The molecule has 10 nitrogen and oxygen atoms in total. The van der Waals surface area contributed by atoms with Gasteiger partial charge in [0.1, 0.15) is 59.1 Å². The molecule has 2 aromatic carbocycles. The largest absolute Gasteiger partial charge is 0.508 e. The molecule has 0 saturated carbocycles. The minimum Gasteiger partial charge on any atom is -0.508 e. The molecule has 10 heteroatoms. The molecule has 6 N–H and O–H groups in total. The summed E-state index contributed by atoms with van der Waals surface area (Å²) in [4.78, 5) is 12.4. The highest BCUT2D eigenvalue weighted by molar-refractivity contribution is 6.02. The van der Waals surface area contributed by atoms with E-state index in [0.29, 0.717) is 5.56 Å². The molecule has 2 aliphatic rings. The summed E-state index contributed by atoms with van der Waals surface area (Å²) < 4.78 is 16.6. The SMILES string of the molecule is O=C1C[C@@H](c2ccc(O[C@@H]3O[C@H](CO)[C@H](O)[C@H](O)[C@H]3O)cc2)Oc2cc(O)cc(O)c21. The number of rotatable bonds is 4. The van der Waals surface area contributed by atoms with Crippen molar-refractivity contribution < 1.29 is 49.6 Å². The molecule has 166 valence electrons. The number of hydrogen-bond acceptors (Lipinski definition) is 10. The van der Waals surface area contributed by atoms with E-state index in [2.05, 4.69) is 0 Å². The molecule has 0 unspecified atom stereocenters. The number of Topliss-reactive ketones (excluding diaryl/α,β-unsaturated/α-hetero) is 1. The lowest BCUT2D eigenvalue weighted by molar-refractivity contribution is -0.277. The van der Waals surface area contributed by atoms with E-state index in [9.17, 15) is 35.4 Å². The van der Waals surface area contributed by atoms with Gasteiger partial charge in [-0.1, -0.05) is 12.1 Å². The Kier molecular flexibility index (Phi) is 5.73. The maximum Gasteiger partial charge on any atom is 0.229 e. The zero-order chi connectivity index (χ0) is 22.3. The van der Waals surface area contributed by atoms with Crippen molar-refractivity contribution in [1.29, 1.82) is 0 Å². The first kappa shape index (κ1) is 21.3. The lowest BCUT2D eigenvalue weighted by atomic mass is 9.95. The Morgan fingerprint density at radius 1 is 1.00 bits per heavy atom. The number of ether oxygens (including phenoxy) is 3. The Balaban J connectivity index is 1.48. The van der Waals surface area contributed by atoms with E-state index >= 15 is 0 Å². The minimum atomic E-state index is -1.55. The minimum absolute atomic E-state index is 0.0156. The molecule has 0 bridgehead atoms. The van der Waals surface area contributed by atoms with Gasteiger partial charge in [0, 0.05) is 12.1 Å². The highest BCUT2D eigenvalue weighted by Gasteiger charge is 2.44. The number of carbonyl (C=O) groups is 1. The van der Waals surface area contributed by atoms with Crippen LogP contribution in [0.25, 0.3) is 0 Å². The molecule has 6 atom stereocenters. The maximum atomic E-state index is 12.4. The number of phenols is 2. The fourth-order valence-corrected chi connectivity index (χ4v) is 3.67. The number of carbonyl (C=O) groups excluding carboxylic acids is 1. The number of fused-ring (bicyclic) bond motifs is 1. The first-order valence-corrected chi connectivity index (χ1v) is 9.61.